The Hall–Kier alpha value is -2.33. The summed E-state index contributed by atoms with van der Waals surface area (Å²) in [6.07, 6.45) is 0. The molecule has 0 spiro atoms. The number of anilines is 1. The zero-order chi connectivity index (χ0) is 12.8. The summed E-state index contributed by atoms with van der Waals surface area (Å²) in [5.41, 5.74) is 5.52. The number of nitrogens with one attached hydrogen (secondary N) is 2. The maximum absolute atomic E-state index is 5.46. The molecule has 0 aliphatic heterocycles. The van der Waals surface area contributed by atoms with Crippen molar-refractivity contribution in [2.24, 2.45) is 10.8 Å². The van der Waals surface area contributed by atoms with Crippen LogP contribution >= 0.6 is 0 Å². The molecule has 0 aliphatic rings. The van der Waals surface area contributed by atoms with Gasteiger partial charge in [0.1, 0.15) is 0 Å². The van der Waals surface area contributed by atoms with Gasteiger partial charge in [-0.3, -0.25) is 5.43 Å². The van der Waals surface area contributed by atoms with Crippen molar-refractivity contribution in [2.45, 2.75) is 6.92 Å². The van der Waals surface area contributed by atoms with E-state index in [4.69, 9.17) is 5.84 Å². The van der Waals surface area contributed by atoms with E-state index in [0.29, 0.717) is 5.96 Å². The number of nitrogens with zero attached hydrogens (tertiary/aromatic N) is 1. The van der Waals surface area contributed by atoms with Crippen LogP contribution < -0.4 is 16.6 Å². The highest BCUT2D eigenvalue weighted by Gasteiger charge is 1.98. The van der Waals surface area contributed by atoms with Gasteiger partial charge in [-0.05, 0) is 36.8 Å². The molecule has 92 valence electrons. The highest BCUT2D eigenvalue weighted by molar-refractivity contribution is 5.94. The number of benzene rings is 2. The fourth-order valence-corrected chi connectivity index (χ4v) is 1.59. The van der Waals surface area contributed by atoms with Gasteiger partial charge in [-0.2, -0.15) is 0 Å². The van der Waals surface area contributed by atoms with Crippen LogP contribution in [0.5, 0.6) is 0 Å². The van der Waals surface area contributed by atoms with E-state index >= 15 is 0 Å². The van der Waals surface area contributed by atoms with Gasteiger partial charge in [-0.1, -0.05) is 30.3 Å². The minimum atomic E-state index is 0.506. The van der Waals surface area contributed by atoms with E-state index in [2.05, 4.69) is 15.7 Å². The molecular weight excluding hydrogens is 224 g/mol. The molecule has 2 aromatic carbocycles. The number of guanidine groups is 1. The van der Waals surface area contributed by atoms with Gasteiger partial charge < -0.3 is 5.32 Å². The maximum Gasteiger partial charge on any atom is 0.215 e. The molecule has 0 bridgehead atoms. The summed E-state index contributed by atoms with van der Waals surface area (Å²) in [7, 11) is 0. The number of aliphatic imine (C=N–C) groups is 1. The smallest absolute Gasteiger partial charge is 0.215 e. The molecule has 0 saturated carbocycles. The Kier molecular flexibility index (Phi) is 3.94. The van der Waals surface area contributed by atoms with Crippen molar-refractivity contribution < 1.29 is 0 Å². The van der Waals surface area contributed by atoms with Gasteiger partial charge in [-0.25, -0.2) is 10.8 Å². The number of aryl methyl sites for hydroxylation is 1. The van der Waals surface area contributed by atoms with Crippen molar-refractivity contribution >= 4 is 17.3 Å². The first-order valence-corrected chi connectivity index (χ1v) is 5.72. The lowest BCUT2D eigenvalue weighted by Crippen LogP contribution is -2.35. The van der Waals surface area contributed by atoms with Gasteiger partial charge in [0.05, 0.1) is 5.69 Å². The molecule has 0 fully saturated rings. The Morgan fingerprint density at radius 2 is 1.83 bits per heavy atom. The fourth-order valence-electron chi connectivity index (χ4n) is 1.59. The van der Waals surface area contributed by atoms with Crippen LogP contribution in [0.15, 0.2) is 59.6 Å². The first-order chi connectivity index (χ1) is 8.78. The quantitative estimate of drug-likeness (QED) is 0.327. The highest BCUT2D eigenvalue weighted by atomic mass is 15.3. The monoisotopic (exact) mass is 240 g/mol. The molecule has 0 aliphatic carbocycles. The molecule has 2 rings (SSSR count). The van der Waals surface area contributed by atoms with Crippen molar-refractivity contribution in [3.63, 3.8) is 0 Å². The lowest BCUT2D eigenvalue weighted by Gasteiger charge is -2.09. The summed E-state index contributed by atoms with van der Waals surface area (Å²) >= 11 is 0. The largest absolute Gasteiger partial charge is 0.325 e. The van der Waals surface area contributed by atoms with Gasteiger partial charge in [0, 0.05) is 5.69 Å². The van der Waals surface area contributed by atoms with Crippen LogP contribution in [0.1, 0.15) is 5.56 Å². The van der Waals surface area contributed by atoms with Crippen LogP contribution in [0.4, 0.5) is 11.4 Å². The molecule has 0 amide bonds. The number of hydrazine groups is 1. The van der Waals surface area contributed by atoms with Crippen molar-refractivity contribution in [3.05, 3.63) is 60.2 Å². The first kappa shape index (κ1) is 12.1. The predicted molar refractivity (Wildman–Crippen MR) is 75.7 cm³/mol. The van der Waals surface area contributed by atoms with Crippen LogP contribution in [0.3, 0.4) is 0 Å². The zero-order valence-electron chi connectivity index (χ0n) is 10.2. The lowest BCUT2D eigenvalue weighted by molar-refractivity contribution is 1.02. The third kappa shape index (κ3) is 3.33. The van der Waals surface area contributed by atoms with Crippen LogP contribution in [0.25, 0.3) is 0 Å². The second kappa shape index (κ2) is 5.84. The maximum atomic E-state index is 5.46. The molecule has 0 unspecified atom stereocenters. The van der Waals surface area contributed by atoms with Gasteiger partial charge in [0.25, 0.3) is 0 Å². The third-order valence-corrected chi connectivity index (χ3v) is 2.41. The van der Waals surface area contributed by atoms with Crippen molar-refractivity contribution in [1.29, 1.82) is 0 Å². The summed E-state index contributed by atoms with van der Waals surface area (Å²) in [6.45, 7) is 2.04. The Balaban J connectivity index is 2.17. The SMILES string of the molecule is Cc1cccc(NC(=Nc2ccccc2)NN)c1. The molecular formula is C14H16N4. The molecule has 0 radical (unpaired) electrons. The molecule has 0 aromatic heterocycles. The molecule has 0 atom stereocenters. The van der Waals surface area contributed by atoms with Gasteiger partial charge in [0.2, 0.25) is 5.96 Å². The minimum Gasteiger partial charge on any atom is -0.325 e. The molecule has 0 saturated heterocycles. The van der Waals surface area contributed by atoms with E-state index in [1.807, 2.05) is 61.5 Å². The Labute approximate surface area is 107 Å². The van der Waals surface area contributed by atoms with E-state index < -0.39 is 0 Å². The van der Waals surface area contributed by atoms with Crippen LogP contribution in [-0.4, -0.2) is 5.96 Å². The van der Waals surface area contributed by atoms with Gasteiger partial charge in [-0.15, -0.1) is 0 Å². The third-order valence-electron chi connectivity index (χ3n) is 2.41. The number of rotatable bonds is 2. The van der Waals surface area contributed by atoms with Crippen molar-refractivity contribution in [1.82, 2.24) is 5.43 Å². The van der Waals surface area contributed by atoms with E-state index in [-0.39, 0.29) is 0 Å². The highest BCUT2D eigenvalue weighted by Crippen LogP contribution is 2.12. The molecule has 18 heavy (non-hydrogen) atoms. The number of hydrogen-bond donors (Lipinski definition) is 3. The Bertz CT molecular complexity index is 535. The topological polar surface area (TPSA) is 62.4 Å². The number of hydrogen-bond acceptors (Lipinski definition) is 2. The molecule has 4 N–H and O–H groups in total. The van der Waals surface area contributed by atoms with Gasteiger partial charge in [0.15, 0.2) is 0 Å². The molecule has 0 heterocycles. The summed E-state index contributed by atoms with van der Waals surface area (Å²) in [4.78, 5) is 4.37. The first-order valence-electron chi connectivity index (χ1n) is 5.72. The van der Waals surface area contributed by atoms with Crippen LogP contribution in [0.2, 0.25) is 0 Å². The predicted octanol–water partition coefficient (Wildman–Crippen LogP) is 2.56. The average Bonchev–Trinajstić information content (AvgIpc) is 2.39. The standard InChI is InChI=1S/C14H16N4/c1-11-6-5-9-13(10-11)17-14(18-15)16-12-7-3-2-4-8-12/h2-10H,15H2,1H3,(H2,16,17,18). The minimum absolute atomic E-state index is 0.506. The lowest BCUT2D eigenvalue weighted by atomic mass is 10.2. The molecule has 4 nitrogen and oxygen atoms in total. The van der Waals surface area contributed by atoms with E-state index in [0.717, 1.165) is 11.4 Å². The summed E-state index contributed by atoms with van der Waals surface area (Å²) < 4.78 is 0. The number of para-hydroxylation sites is 1. The van der Waals surface area contributed by atoms with E-state index in [9.17, 15) is 0 Å². The normalized spacial score (nSPS) is 11.1. The zero-order valence-corrected chi connectivity index (χ0v) is 10.2. The van der Waals surface area contributed by atoms with E-state index in [1.54, 1.807) is 0 Å². The summed E-state index contributed by atoms with van der Waals surface area (Å²) in [5.74, 6) is 5.97. The molecule has 2 aromatic rings. The van der Waals surface area contributed by atoms with Crippen molar-refractivity contribution in [3.8, 4) is 0 Å². The van der Waals surface area contributed by atoms with Crippen molar-refractivity contribution in [2.75, 3.05) is 5.32 Å². The number of nitrogens with two attached hydrogens (primary N) is 1. The molecule has 4 heteroatoms. The van der Waals surface area contributed by atoms with Crippen LogP contribution in [0, 0.1) is 6.92 Å². The van der Waals surface area contributed by atoms with E-state index in [1.165, 1.54) is 5.56 Å². The van der Waals surface area contributed by atoms with Crippen LogP contribution in [-0.2, 0) is 0 Å². The average molecular weight is 240 g/mol. The summed E-state index contributed by atoms with van der Waals surface area (Å²) in [5, 5.41) is 3.13. The summed E-state index contributed by atoms with van der Waals surface area (Å²) in [6, 6.07) is 17.6. The second-order valence-corrected chi connectivity index (χ2v) is 3.93. The Morgan fingerprint density at radius 3 is 2.50 bits per heavy atom. The Morgan fingerprint density at radius 1 is 1.06 bits per heavy atom. The van der Waals surface area contributed by atoms with Gasteiger partial charge >= 0.3 is 0 Å². The fraction of sp³-hybridized carbons (Fsp3) is 0.0714. The second-order valence-electron chi connectivity index (χ2n) is 3.93.